The summed E-state index contributed by atoms with van der Waals surface area (Å²) in [6.07, 6.45) is 4.77. The molecule has 1 saturated heterocycles. The second-order valence-corrected chi connectivity index (χ2v) is 6.93. The van der Waals surface area contributed by atoms with E-state index >= 15 is 0 Å². The van der Waals surface area contributed by atoms with Crippen LogP contribution in [-0.2, 0) is 19.1 Å². The third-order valence-electron chi connectivity index (χ3n) is 4.97. The van der Waals surface area contributed by atoms with Gasteiger partial charge in [0, 0.05) is 6.04 Å². The molecule has 1 aliphatic heterocycles. The second-order valence-electron chi connectivity index (χ2n) is 6.93. The normalized spacial score (nSPS) is 18.5. The van der Waals surface area contributed by atoms with Gasteiger partial charge in [0.1, 0.15) is 5.57 Å². The minimum absolute atomic E-state index is 0.122. The number of methoxy groups -OCH3 is 1. The SMILES string of the molecule is CCOC(=O)COc1ccc(/C=C2/C(=O)NC(=O)N(C3CCCC3)C2=O)cc1OC. The Morgan fingerprint density at radius 2 is 1.93 bits per heavy atom. The zero-order valence-electron chi connectivity index (χ0n) is 16.9. The average Bonchev–Trinajstić information content (AvgIpc) is 3.24. The van der Waals surface area contributed by atoms with Gasteiger partial charge in [-0.3, -0.25) is 19.8 Å². The highest BCUT2D eigenvalue weighted by molar-refractivity contribution is 6.31. The summed E-state index contributed by atoms with van der Waals surface area (Å²) >= 11 is 0. The van der Waals surface area contributed by atoms with Crippen molar-refractivity contribution >= 4 is 29.9 Å². The van der Waals surface area contributed by atoms with E-state index in [-0.39, 0.29) is 24.8 Å². The number of benzene rings is 1. The van der Waals surface area contributed by atoms with Crippen LogP contribution < -0.4 is 14.8 Å². The van der Waals surface area contributed by atoms with E-state index in [9.17, 15) is 19.2 Å². The number of rotatable bonds is 7. The van der Waals surface area contributed by atoms with Gasteiger partial charge in [-0.2, -0.15) is 0 Å². The fourth-order valence-electron chi connectivity index (χ4n) is 3.56. The fourth-order valence-corrected chi connectivity index (χ4v) is 3.56. The predicted molar refractivity (Wildman–Crippen MR) is 106 cm³/mol. The Morgan fingerprint density at radius 3 is 2.60 bits per heavy atom. The van der Waals surface area contributed by atoms with Crippen LogP contribution in [-0.4, -0.2) is 55.1 Å². The van der Waals surface area contributed by atoms with Gasteiger partial charge in [0.05, 0.1) is 13.7 Å². The van der Waals surface area contributed by atoms with Crippen LogP contribution in [0.5, 0.6) is 11.5 Å². The van der Waals surface area contributed by atoms with Crippen molar-refractivity contribution < 1.29 is 33.4 Å². The number of carbonyl (C=O) groups is 4. The largest absolute Gasteiger partial charge is 0.493 e. The van der Waals surface area contributed by atoms with Crippen molar-refractivity contribution in [3.8, 4) is 11.5 Å². The molecule has 2 aliphatic rings. The van der Waals surface area contributed by atoms with E-state index in [0.717, 1.165) is 30.6 Å². The maximum Gasteiger partial charge on any atom is 0.344 e. The molecule has 3 rings (SSSR count). The zero-order valence-corrected chi connectivity index (χ0v) is 16.9. The molecule has 0 radical (unpaired) electrons. The van der Waals surface area contributed by atoms with Crippen molar-refractivity contribution in [3.63, 3.8) is 0 Å². The highest BCUT2D eigenvalue weighted by atomic mass is 16.6. The van der Waals surface area contributed by atoms with Gasteiger partial charge >= 0.3 is 12.0 Å². The summed E-state index contributed by atoms with van der Waals surface area (Å²) in [5, 5.41) is 2.24. The van der Waals surface area contributed by atoms with E-state index in [1.807, 2.05) is 0 Å². The minimum atomic E-state index is -0.735. The zero-order chi connectivity index (χ0) is 21.7. The molecule has 1 aromatic carbocycles. The standard InChI is InChI=1S/C21H24N2O7/c1-3-29-18(24)12-30-16-9-8-13(11-17(16)28-2)10-15-19(25)22-21(27)23(20(15)26)14-6-4-5-7-14/h8-11,14H,3-7,12H2,1-2H3,(H,22,25,27)/b15-10-. The lowest BCUT2D eigenvalue weighted by Gasteiger charge is -2.31. The first kappa shape index (κ1) is 21.4. The number of hydrogen-bond acceptors (Lipinski definition) is 7. The van der Waals surface area contributed by atoms with E-state index in [2.05, 4.69) is 5.32 Å². The van der Waals surface area contributed by atoms with Gasteiger partial charge in [-0.15, -0.1) is 0 Å². The van der Waals surface area contributed by atoms with Crippen molar-refractivity contribution in [3.05, 3.63) is 29.3 Å². The first-order chi connectivity index (χ1) is 14.4. The summed E-state index contributed by atoms with van der Waals surface area (Å²) < 4.78 is 15.5. The highest BCUT2D eigenvalue weighted by Gasteiger charge is 2.40. The van der Waals surface area contributed by atoms with Gasteiger partial charge < -0.3 is 14.2 Å². The van der Waals surface area contributed by atoms with Crippen molar-refractivity contribution in [1.82, 2.24) is 10.2 Å². The summed E-state index contributed by atoms with van der Waals surface area (Å²) in [6, 6.07) is 3.89. The topological polar surface area (TPSA) is 111 Å². The maximum atomic E-state index is 12.9. The first-order valence-electron chi connectivity index (χ1n) is 9.81. The van der Waals surface area contributed by atoms with Crippen molar-refractivity contribution in [1.29, 1.82) is 0 Å². The molecule has 1 N–H and O–H groups in total. The van der Waals surface area contributed by atoms with Crippen LogP contribution in [0.15, 0.2) is 23.8 Å². The van der Waals surface area contributed by atoms with Gasteiger partial charge in [0.25, 0.3) is 11.8 Å². The molecule has 1 aromatic rings. The summed E-state index contributed by atoms with van der Waals surface area (Å²) in [5.41, 5.74) is 0.387. The van der Waals surface area contributed by atoms with E-state index in [1.165, 1.54) is 13.2 Å². The lowest BCUT2D eigenvalue weighted by Crippen LogP contribution is -2.57. The molecule has 0 bridgehead atoms. The number of nitrogens with zero attached hydrogens (tertiary/aromatic N) is 1. The molecule has 160 valence electrons. The molecular weight excluding hydrogens is 392 g/mol. The molecule has 9 heteroatoms. The summed E-state index contributed by atoms with van der Waals surface area (Å²) in [7, 11) is 1.43. The summed E-state index contributed by atoms with van der Waals surface area (Å²) in [4.78, 5) is 50.0. The van der Waals surface area contributed by atoms with Crippen molar-refractivity contribution in [2.45, 2.75) is 38.6 Å². The Bertz CT molecular complexity index is 887. The molecule has 4 amide bonds. The molecule has 1 saturated carbocycles. The molecule has 30 heavy (non-hydrogen) atoms. The van der Waals surface area contributed by atoms with Crippen LogP contribution in [0, 0.1) is 0 Å². The molecule has 2 fully saturated rings. The second kappa shape index (κ2) is 9.43. The van der Waals surface area contributed by atoms with E-state index in [0.29, 0.717) is 17.1 Å². The Hall–Kier alpha value is -3.36. The number of amides is 4. The molecule has 1 aliphatic carbocycles. The maximum absolute atomic E-state index is 12.9. The molecule has 0 aromatic heterocycles. The van der Waals surface area contributed by atoms with Crippen molar-refractivity contribution in [2.24, 2.45) is 0 Å². The number of esters is 1. The van der Waals surface area contributed by atoms with Crippen LogP contribution in [0.2, 0.25) is 0 Å². The molecule has 0 atom stereocenters. The smallest absolute Gasteiger partial charge is 0.344 e. The number of imide groups is 2. The lowest BCUT2D eigenvalue weighted by atomic mass is 10.0. The van der Waals surface area contributed by atoms with Crippen LogP contribution in [0.25, 0.3) is 6.08 Å². The van der Waals surface area contributed by atoms with E-state index < -0.39 is 23.8 Å². The first-order valence-corrected chi connectivity index (χ1v) is 9.81. The molecule has 1 heterocycles. The molecule has 0 unspecified atom stereocenters. The predicted octanol–water partition coefficient (Wildman–Crippen LogP) is 2.04. The molecule has 0 spiro atoms. The fraction of sp³-hybridized carbons (Fsp3) is 0.429. The Kier molecular flexibility index (Phi) is 6.71. The van der Waals surface area contributed by atoms with Crippen LogP contribution in [0.4, 0.5) is 4.79 Å². The van der Waals surface area contributed by atoms with Gasteiger partial charge in [-0.1, -0.05) is 18.9 Å². The number of hydrogen-bond donors (Lipinski definition) is 1. The highest BCUT2D eigenvalue weighted by Crippen LogP contribution is 2.30. The van der Waals surface area contributed by atoms with E-state index in [1.54, 1.807) is 25.1 Å². The third-order valence-corrected chi connectivity index (χ3v) is 4.97. The summed E-state index contributed by atoms with van der Waals surface area (Å²) in [5.74, 6) is -1.21. The Morgan fingerprint density at radius 1 is 1.20 bits per heavy atom. The number of barbiturate groups is 1. The Balaban J connectivity index is 1.82. The van der Waals surface area contributed by atoms with Crippen LogP contribution in [0.3, 0.4) is 0 Å². The van der Waals surface area contributed by atoms with Gasteiger partial charge in [-0.25, -0.2) is 9.59 Å². The molecular formula is C21H24N2O7. The lowest BCUT2D eigenvalue weighted by molar-refractivity contribution is -0.145. The van der Waals surface area contributed by atoms with Crippen LogP contribution >= 0.6 is 0 Å². The van der Waals surface area contributed by atoms with Crippen molar-refractivity contribution in [2.75, 3.05) is 20.3 Å². The van der Waals surface area contributed by atoms with Gasteiger partial charge in [0.15, 0.2) is 18.1 Å². The number of ether oxygens (including phenoxy) is 3. The summed E-state index contributed by atoms with van der Waals surface area (Å²) in [6.45, 7) is 1.68. The third kappa shape index (κ3) is 4.61. The van der Waals surface area contributed by atoms with E-state index in [4.69, 9.17) is 14.2 Å². The minimum Gasteiger partial charge on any atom is -0.493 e. The Labute approximate surface area is 174 Å². The number of carbonyl (C=O) groups excluding carboxylic acids is 4. The number of nitrogens with one attached hydrogen (secondary N) is 1. The quantitative estimate of drug-likeness (QED) is 0.411. The number of urea groups is 1. The van der Waals surface area contributed by atoms with Gasteiger partial charge in [-0.05, 0) is 43.5 Å². The molecule has 9 nitrogen and oxygen atoms in total. The van der Waals surface area contributed by atoms with Crippen LogP contribution in [0.1, 0.15) is 38.2 Å². The average molecular weight is 416 g/mol. The van der Waals surface area contributed by atoms with Gasteiger partial charge in [0.2, 0.25) is 0 Å². The monoisotopic (exact) mass is 416 g/mol.